The van der Waals surface area contributed by atoms with Crippen molar-refractivity contribution in [3.63, 3.8) is 0 Å². The van der Waals surface area contributed by atoms with E-state index >= 15 is 0 Å². The first-order valence-electron chi connectivity index (χ1n) is 7.61. The molecule has 3 nitrogen and oxygen atoms in total. The van der Waals surface area contributed by atoms with Gasteiger partial charge in [-0.25, -0.2) is 0 Å². The highest BCUT2D eigenvalue weighted by Crippen LogP contribution is 2.32. The summed E-state index contributed by atoms with van der Waals surface area (Å²) < 4.78 is 5.62. The lowest BCUT2D eigenvalue weighted by molar-refractivity contribution is 0.112. The predicted octanol–water partition coefficient (Wildman–Crippen LogP) is 4.58. The van der Waals surface area contributed by atoms with E-state index in [1.54, 1.807) is 0 Å². The third-order valence-electron chi connectivity index (χ3n) is 4.04. The first-order chi connectivity index (χ1) is 10.8. The van der Waals surface area contributed by atoms with Crippen LogP contribution in [0.5, 0.6) is 0 Å². The van der Waals surface area contributed by atoms with Crippen LogP contribution in [0.25, 0.3) is 11.0 Å². The summed E-state index contributed by atoms with van der Waals surface area (Å²) in [6.45, 7) is 12.0. The second-order valence-electron chi connectivity index (χ2n) is 6.57. The number of carbonyl (C=O) groups excluding carboxylic acids is 1. The Morgan fingerprint density at radius 3 is 2.57 bits per heavy atom. The minimum Gasteiger partial charge on any atom is -0.463 e. The summed E-state index contributed by atoms with van der Waals surface area (Å²) in [5, 5.41) is 0.444. The fourth-order valence-corrected chi connectivity index (χ4v) is 2.43. The van der Waals surface area contributed by atoms with Gasteiger partial charge in [0.1, 0.15) is 11.8 Å². The van der Waals surface area contributed by atoms with Crippen LogP contribution in [0.1, 0.15) is 49.2 Å². The lowest BCUT2D eigenvalue weighted by Crippen LogP contribution is -2.17. The van der Waals surface area contributed by atoms with E-state index in [-0.39, 0.29) is 16.4 Å². The van der Waals surface area contributed by atoms with Crippen LogP contribution in [-0.4, -0.2) is 6.29 Å². The molecule has 1 heterocycles. The van der Waals surface area contributed by atoms with Gasteiger partial charge in [0.15, 0.2) is 6.29 Å². The summed E-state index contributed by atoms with van der Waals surface area (Å²) in [5.74, 6) is 0. The average Bonchev–Trinajstić information content (AvgIpc) is 2.52. The number of hydrogen-bond acceptors (Lipinski definition) is 3. The molecular weight excluding hydrogens is 288 g/mol. The van der Waals surface area contributed by atoms with Gasteiger partial charge in [-0.05, 0) is 31.9 Å². The number of aldehydes is 1. The minimum atomic E-state index is -0.349. The molecule has 120 valence electrons. The molecule has 2 aromatic rings. The summed E-state index contributed by atoms with van der Waals surface area (Å²) in [4.78, 5) is 23.5. The highest BCUT2D eigenvalue weighted by atomic mass is 16.3. The van der Waals surface area contributed by atoms with Gasteiger partial charge in [0.05, 0.1) is 10.9 Å². The number of benzene rings is 1. The average molecular weight is 310 g/mol. The molecule has 2 rings (SSSR count). The van der Waals surface area contributed by atoms with E-state index in [4.69, 9.17) is 4.42 Å². The van der Waals surface area contributed by atoms with Gasteiger partial charge in [0.2, 0.25) is 5.43 Å². The standard InChI is InChI=1S/C20H22O3/c1-6-20(4,5)17-10-14(8-7-13(2)3)9-16-18(22)15(11-21)12-23-19(16)17/h6-7,9-12H,1,8H2,2-5H3. The zero-order valence-electron chi connectivity index (χ0n) is 14.1. The molecule has 0 fully saturated rings. The number of rotatable bonds is 5. The number of fused-ring (bicyclic) bond motifs is 1. The molecule has 0 amide bonds. The molecule has 1 aromatic heterocycles. The summed E-state index contributed by atoms with van der Waals surface area (Å²) in [6, 6.07) is 3.86. The molecule has 0 saturated carbocycles. The quantitative estimate of drug-likeness (QED) is 0.600. The molecule has 0 unspecified atom stereocenters. The van der Waals surface area contributed by atoms with Crippen molar-refractivity contribution in [1.82, 2.24) is 0 Å². The van der Waals surface area contributed by atoms with E-state index in [0.29, 0.717) is 17.3 Å². The molecular formula is C20H22O3. The topological polar surface area (TPSA) is 47.3 Å². The van der Waals surface area contributed by atoms with E-state index in [9.17, 15) is 9.59 Å². The van der Waals surface area contributed by atoms with Gasteiger partial charge < -0.3 is 4.42 Å². The van der Waals surface area contributed by atoms with Crippen LogP contribution in [0.15, 0.2) is 51.9 Å². The molecule has 1 aromatic carbocycles. The fourth-order valence-electron chi connectivity index (χ4n) is 2.43. The van der Waals surface area contributed by atoms with E-state index in [2.05, 4.69) is 12.7 Å². The van der Waals surface area contributed by atoms with Crippen LogP contribution in [0, 0.1) is 0 Å². The van der Waals surface area contributed by atoms with Gasteiger partial charge in [-0.3, -0.25) is 9.59 Å². The largest absolute Gasteiger partial charge is 0.463 e. The molecule has 3 heteroatoms. The second-order valence-corrected chi connectivity index (χ2v) is 6.57. The molecule has 0 aliphatic rings. The summed E-state index contributed by atoms with van der Waals surface area (Å²) in [6.07, 6.45) is 6.43. The Morgan fingerprint density at radius 2 is 2.00 bits per heavy atom. The van der Waals surface area contributed by atoms with Gasteiger partial charge >= 0.3 is 0 Å². The summed E-state index contributed by atoms with van der Waals surface area (Å²) in [5.41, 5.74) is 3.05. The SMILES string of the molecule is C=CC(C)(C)c1cc(CC=C(C)C)cc2c(=O)c(C=O)coc12. The van der Waals surface area contributed by atoms with Crippen LogP contribution in [0.2, 0.25) is 0 Å². The number of hydrogen-bond donors (Lipinski definition) is 0. The molecule has 0 N–H and O–H groups in total. The molecule has 23 heavy (non-hydrogen) atoms. The van der Waals surface area contributed by atoms with Crippen molar-refractivity contribution in [2.24, 2.45) is 0 Å². The first-order valence-corrected chi connectivity index (χ1v) is 7.61. The van der Waals surface area contributed by atoms with Crippen molar-refractivity contribution in [3.8, 4) is 0 Å². The van der Waals surface area contributed by atoms with E-state index in [0.717, 1.165) is 17.5 Å². The van der Waals surface area contributed by atoms with Crippen molar-refractivity contribution in [2.75, 3.05) is 0 Å². The molecule has 0 bridgehead atoms. The first kappa shape index (κ1) is 16.9. The zero-order valence-corrected chi connectivity index (χ0v) is 14.1. The lowest BCUT2D eigenvalue weighted by Gasteiger charge is -2.22. The van der Waals surface area contributed by atoms with Crippen molar-refractivity contribution in [2.45, 2.75) is 39.5 Å². The molecule has 0 atom stereocenters. The van der Waals surface area contributed by atoms with Crippen molar-refractivity contribution < 1.29 is 9.21 Å². The van der Waals surface area contributed by atoms with Crippen LogP contribution in [0.4, 0.5) is 0 Å². The number of carbonyl (C=O) groups is 1. The highest BCUT2D eigenvalue weighted by Gasteiger charge is 2.23. The normalized spacial score (nSPS) is 11.3. The Balaban J connectivity index is 2.84. The van der Waals surface area contributed by atoms with Crippen molar-refractivity contribution >= 4 is 17.3 Å². The van der Waals surface area contributed by atoms with E-state index in [1.807, 2.05) is 45.9 Å². The monoisotopic (exact) mass is 310 g/mol. The molecule has 0 radical (unpaired) electrons. The van der Waals surface area contributed by atoms with Crippen molar-refractivity contribution in [3.05, 3.63) is 69.6 Å². The molecule has 0 spiro atoms. The van der Waals surface area contributed by atoms with Gasteiger partial charge in [-0.2, -0.15) is 0 Å². The molecule has 0 aliphatic heterocycles. The lowest BCUT2D eigenvalue weighted by atomic mass is 9.82. The summed E-state index contributed by atoms with van der Waals surface area (Å²) in [7, 11) is 0. The maximum atomic E-state index is 12.5. The maximum absolute atomic E-state index is 12.5. The van der Waals surface area contributed by atoms with Crippen LogP contribution < -0.4 is 5.43 Å². The minimum absolute atomic E-state index is 0.0409. The van der Waals surface area contributed by atoms with Crippen molar-refractivity contribution in [1.29, 1.82) is 0 Å². The van der Waals surface area contributed by atoms with Crippen LogP contribution in [0.3, 0.4) is 0 Å². The third-order valence-corrected chi connectivity index (χ3v) is 4.04. The van der Waals surface area contributed by atoms with Crippen LogP contribution in [-0.2, 0) is 11.8 Å². The zero-order chi connectivity index (χ0) is 17.2. The predicted molar refractivity (Wildman–Crippen MR) is 94.2 cm³/mol. The summed E-state index contributed by atoms with van der Waals surface area (Å²) >= 11 is 0. The Morgan fingerprint density at radius 1 is 1.30 bits per heavy atom. The Labute approximate surface area is 136 Å². The van der Waals surface area contributed by atoms with E-state index in [1.165, 1.54) is 11.8 Å². The molecule has 0 saturated heterocycles. The third kappa shape index (κ3) is 3.34. The molecule has 0 aliphatic carbocycles. The van der Waals surface area contributed by atoms with Gasteiger partial charge in [-0.1, -0.05) is 37.6 Å². The van der Waals surface area contributed by atoms with E-state index < -0.39 is 0 Å². The fraction of sp³-hybridized carbons (Fsp3) is 0.300. The van der Waals surface area contributed by atoms with Crippen LogP contribution >= 0.6 is 0 Å². The Hall–Kier alpha value is -2.42. The maximum Gasteiger partial charge on any atom is 0.203 e. The van der Waals surface area contributed by atoms with Gasteiger partial charge in [0, 0.05) is 11.0 Å². The van der Waals surface area contributed by atoms with Gasteiger partial charge in [-0.15, -0.1) is 6.58 Å². The number of allylic oxidation sites excluding steroid dienone is 3. The van der Waals surface area contributed by atoms with Gasteiger partial charge in [0.25, 0.3) is 0 Å². The second kappa shape index (κ2) is 6.37. The highest BCUT2D eigenvalue weighted by molar-refractivity contribution is 5.87. The Kier molecular flexibility index (Phi) is 4.69. The smallest absolute Gasteiger partial charge is 0.203 e. The Bertz CT molecular complexity index is 847.